The largest absolute Gasteiger partial charge is 0.348 e. The lowest BCUT2D eigenvalue weighted by Gasteiger charge is -2.21. The molecule has 7 nitrogen and oxygen atoms in total. The van der Waals surface area contributed by atoms with Crippen LogP contribution in [0.15, 0.2) is 77.6 Å². The number of halogens is 2. The number of hydrogen-bond donors (Lipinski definition) is 3. The molecule has 0 aliphatic carbocycles. The van der Waals surface area contributed by atoms with Gasteiger partial charge in [-0.2, -0.15) is 0 Å². The molecule has 11 heteroatoms. The van der Waals surface area contributed by atoms with E-state index in [2.05, 4.69) is 14.8 Å². The SMILES string of the molecule is O=C(NCc1ccccc1F)c1ccc(Cl)cc1NS(=O)(=O)C1=CC=CN2SNC=C12. The fraction of sp³-hybridized carbons (Fsp3) is 0.0500. The van der Waals surface area contributed by atoms with Crippen LogP contribution < -0.4 is 14.8 Å². The van der Waals surface area contributed by atoms with Crippen LogP contribution in [0.25, 0.3) is 0 Å². The predicted octanol–water partition coefficient (Wildman–Crippen LogP) is 3.87. The molecule has 0 aromatic heterocycles. The first-order valence-corrected chi connectivity index (χ1v) is 11.6. The zero-order chi connectivity index (χ0) is 22.0. The van der Waals surface area contributed by atoms with Crippen LogP contribution in [0, 0.1) is 5.82 Å². The number of anilines is 1. The van der Waals surface area contributed by atoms with Gasteiger partial charge in [-0.15, -0.1) is 0 Å². The van der Waals surface area contributed by atoms with Crippen molar-refractivity contribution in [2.45, 2.75) is 6.54 Å². The second-order valence-electron chi connectivity index (χ2n) is 6.51. The van der Waals surface area contributed by atoms with E-state index in [-0.39, 0.29) is 27.7 Å². The van der Waals surface area contributed by atoms with Crippen molar-refractivity contribution in [2.75, 3.05) is 4.72 Å². The Morgan fingerprint density at radius 3 is 2.84 bits per heavy atom. The first-order chi connectivity index (χ1) is 14.8. The van der Waals surface area contributed by atoms with Crippen molar-refractivity contribution in [3.8, 4) is 0 Å². The molecule has 31 heavy (non-hydrogen) atoms. The maximum Gasteiger partial charge on any atom is 0.264 e. The fourth-order valence-electron chi connectivity index (χ4n) is 2.97. The van der Waals surface area contributed by atoms with E-state index >= 15 is 0 Å². The van der Waals surface area contributed by atoms with E-state index in [0.29, 0.717) is 11.3 Å². The van der Waals surface area contributed by atoms with Crippen LogP contribution in [0.5, 0.6) is 0 Å². The van der Waals surface area contributed by atoms with Crippen LogP contribution in [-0.2, 0) is 16.6 Å². The molecule has 0 saturated carbocycles. The second-order valence-corrected chi connectivity index (χ2v) is 9.41. The summed E-state index contributed by atoms with van der Waals surface area (Å²) in [5, 5.41) is 2.85. The third-order valence-corrected chi connectivity index (χ3v) is 6.85. The zero-order valence-electron chi connectivity index (χ0n) is 15.8. The summed E-state index contributed by atoms with van der Waals surface area (Å²) in [5.41, 5.74) is 0.831. The molecule has 2 heterocycles. The molecular weight excluding hydrogens is 463 g/mol. The lowest BCUT2D eigenvalue weighted by atomic mass is 10.1. The highest BCUT2D eigenvalue weighted by Crippen LogP contribution is 2.34. The Labute approximate surface area is 188 Å². The molecule has 0 atom stereocenters. The average Bonchev–Trinajstić information content (AvgIpc) is 3.21. The fourth-order valence-corrected chi connectivity index (χ4v) is 5.12. The van der Waals surface area contributed by atoms with Gasteiger partial charge in [0.05, 0.1) is 29.1 Å². The quantitative estimate of drug-likeness (QED) is 0.546. The van der Waals surface area contributed by atoms with Crippen molar-refractivity contribution >= 4 is 45.4 Å². The highest BCUT2D eigenvalue weighted by molar-refractivity contribution is 7.97. The van der Waals surface area contributed by atoms with Crippen molar-refractivity contribution in [2.24, 2.45) is 0 Å². The van der Waals surface area contributed by atoms with Gasteiger partial charge in [-0.05, 0) is 36.4 Å². The first kappa shape index (κ1) is 21.3. The maximum atomic E-state index is 13.8. The normalized spacial score (nSPS) is 15.0. The van der Waals surface area contributed by atoms with Crippen LogP contribution in [0.1, 0.15) is 15.9 Å². The third-order valence-electron chi connectivity index (χ3n) is 4.46. The van der Waals surface area contributed by atoms with Crippen molar-refractivity contribution in [1.82, 2.24) is 14.3 Å². The number of carbonyl (C=O) groups is 1. The van der Waals surface area contributed by atoms with Crippen molar-refractivity contribution in [3.05, 3.63) is 99.6 Å². The minimum absolute atomic E-state index is 0.0137. The van der Waals surface area contributed by atoms with E-state index in [1.807, 2.05) is 0 Å². The van der Waals surface area contributed by atoms with Crippen LogP contribution in [0.4, 0.5) is 10.1 Å². The number of nitrogens with zero attached hydrogens (tertiary/aromatic N) is 1. The van der Waals surface area contributed by atoms with Gasteiger partial charge in [0.15, 0.2) is 0 Å². The van der Waals surface area contributed by atoms with Gasteiger partial charge in [0.1, 0.15) is 10.7 Å². The van der Waals surface area contributed by atoms with Gasteiger partial charge >= 0.3 is 0 Å². The van der Waals surface area contributed by atoms with E-state index < -0.39 is 21.7 Å². The lowest BCUT2D eigenvalue weighted by molar-refractivity contribution is 0.0951. The minimum atomic E-state index is -4.04. The Morgan fingerprint density at radius 2 is 2.03 bits per heavy atom. The van der Waals surface area contributed by atoms with E-state index in [9.17, 15) is 17.6 Å². The van der Waals surface area contributed by atoms with Gasteiger partial charge in [-0.25, -0.2) is 12.8 Å². The van der Waals surface area contributed by atoms with Gasteiger partial charge in [-0.1, -0.05) is 29.8 Å². The number of sulfonamides is 1. The molecule has 160 valence electrons. The Morgan fingerprint density at radius 1 is 1.23 bits per heavy atom. The summed E-state index contributed by atoms with van der Waals surface area (Å²) in [6, 6.07) is 10.3. The number of rotatable bonds is 6. The minimum Gasteiger partial charge on any atom is -0.348 e. The molecule has 2 aliphatic heterocycles. The van der Waals surface area contributed by atoms with Crippen LogP contribution in [-0.4, -0.2) is 18.6 Å². The van der Waals surface area contributed by atoms with Crippen LogP contribution in [0.2, 0.25) is 5.02 Å². The molecule has 4 rings (SSSR count). The number of carbonyl (C=O) groups excluding carboxylic acids is 1. The molecule has 0 bridgehead atoms. The number of fused-ring (bicyclic) bond motifs is 1. The van der Waals surface area contributed by atoms with E-state index in [1.165, 1.54) is 42.5 Å². The standard InChI is InChI=1S/C20H16ClFN4O3S2/c21-14-7-8-15(20(27)23-11-13-4-1-2-5-16(13)22)17(10-14)25-31(28,29)19-6-3-9-26-18(19)12-24-30-26/h1-10,12,24-25H,11H2,(H,23,27). The summed E-state index contributed by atoms with van der Waals surface area (Å²) >= 11 is 7.27. The molecular formula is C20H16ClFN4O3S2. The molecule has 2 aromatic rings. The number of amides is 1. The lowest BCUT2D eigenvalue weighted by Crippen LogP contribution is -2.26. The molecule has 0 unspecified atom stereocenters. The van der Waals surface area contributed by atoms with E-state index in [1.54, 1.807) is 41.0 Å². The molecule has 2 aliphatic rings. The number of allylic oxidation sites excluding steroid dienone is 2. The van der Waals surface area contributed by atoms with Crippen molar-refractivity contribution in [3.63, 3.8) is 0 Å². The smallest absolute Gasteiger partial charge is 0.264 e. The van der Waals surface area contributed by atoms with Crippen molar-refractivity contribution < 1.29 is 17.6 Å². The molecule has 0 radical (unpaired) electrons. The monoisotopic (exact) mass is 478 g/mol. The highest BCUT2D eigenvalue weighted by Gasteiger charge is 2.30. The number of nitrogens with one attached hydrogen (secondary N) is 3. The average molecular weight is 479 g/mol. The number of benzene rings is 2. The van der Waals surface area contributed by atoms with Crippen molar-refractivity contribution in [1.29, 1.82) is 0 Å². The summed E-state index contributed by atoms with van der Waals surface area (Å²) in [5.74, 6) is -1.02. The molecule has 3 N–H and O–H groups in total. The molecule has 0 fully saturated rings. The second kappa shape index (κ2) is 8.66. The Bertz CT molecular complexity index is 1240. The van der Waals surface area contributed by atoms with Gasteiger partial charge in [0.2, 0.25) is 0 Å². The van der Waals surface area contributed by atoms with Gasteiger partial charge in [0.25, 0.3) is 15.9 Å². The maximum absolute atomic E-state index is 13.8. The molecule has 1 amide bonds. The number of hydrogen-bond acceptors (Lipinski definition) is 6. The Balaban J connectivity index is 1.58. The van der Waals surface area contributed by atoms with Crippen LogP contribution >= 0.6 is 23.7 Å². The summed E-state index contributed by atoms with van der Waals surface area (Å²) in [7, 11) is -4.04. The molecule has 0 saturated heterocycles. The topological polar surface area (TPSA) is 90.5 Å². The van der Waals surface area contributed by atoms with Gasteiger partial charge < -0.3 is 10.0 Å². The highest BCUT2D eigenvalue weighted by atomic mass is 35.5. The molecule has 2 aromatic carbocycles. The zero-order valence-corrected chi connectivity index (χ0v) is 18.2. The third kappa shape index (κ3) is 4.55. The summed E-state index contributed by atoms with van der Waals surface area (Å²) in [4.78, 5) is 12.8. The summed E-state index contributed by atoms with van der Waals surface area (Å²) in [6.07, 6.45) is 6.35. The van der Waals surface area contributed by atoms with Gasteiger partial charge in [-0.3, -0.25) is 13.8 Å². The summed E-state index contributed by atoms with van der Waals surface area (Å²) in [6.45, 7) is -0.0546. The van der Waals surface area contributed by atoms with Crippen LogP contribution in [0.3, 0.4) is 0 Å². The first-order valence-electron chi connectivity index (χ1n) is 9.00. The van der Waals surface area contributed by atoms with E-state index in [0.717, 1.165) is 0 Å². The van der Waals surface area contributed by atoms with E-state index in [4.69, 9.17) is 11.6 Å². The summed E-state index contributed by atoms with van der Waals surface area (Å²) < 4.78 is 46.9. The predicted molar refractivity (Wildman–Crippen MR) is 119 cm³/mol. The molecule has 0 spiro atoms. The Kier molecular flexibility index (Phi) is 5.94. The van der Waals surface area contributed by atoms with Gasteiger partial charge in [0, 0.05) is 29.5 Å². The Hall–Kier alpha value is -2.95.